The quantitative estimate of drug-likeness (QED) is 0.257. The largest absolute Gasteiger partial charge is 0.490 e. The Morgan fingerprint density at radius 2 is 1.56 bits per heavy atom. The zero-order chi connectivity index (χ0) is 27.9. The van der Waals surface area contributed by atoms with Crippen LogP contribution in [0.5, 0.6) is 17.2 Å². The van der Waals surface area contributed by atoms with Gasteiger partial charge in [-0.15, -0.1) is 11.3 Å². The van der Waals surface area contributed by atoms with Crippen LogP contribution in [-0.4, -0.2) is 48.1 Å². The number of carbonyl (C=O) groups is 2. The second-order valence-corrected chi connectivity index (χ2v) is 8.91. The van der Waals surface area contributed by atoms with Crippen molar-refractivity contribution in [1.29, 1.82) is 0 Å². The number of fused-ring (bicyclic) bond motifs is 1. The van der Waals surface area contributed by atoms with E-state index in [4.69, 9.17) is 18.9 Å². The van der Waals surface area contributed by atoms with Gasteiger partial charge in [-0.25, -0.2) is 4.79 Å². The third-order valence-corrected chi connectivity index (χ3v) is 6.42. The number of benzene rings is 2. The van der Waals surface area contributed by atoms with E-state index in [0.29, 0.717) is 48.1 Å². The summed E-state index contributed by atoms with van der Waals surface area (Å²) in [6, 6.07) is 11.8. The topological polar surface area (TPSA) is 118 Å². The van der Waals surface area contributed by atoms with Crippen molar-refractivity contribution in [1.82, 2.24) is 9.78 Å². The number of para-hydroxylation sites is 1. The van der Waals surface area contributed by atoms with Crippen LogP contribution in [0.25, 0.3) is 16.5 Å². The summed E-state index contributed by atoms with van der Waals surface area (Å²) in [5, 5.41) is 9.45. The molecule has 1 amide bonds. The molecule has 2 aromatic heterocycles. The first kappa shape index (κ1) is 27.6. The summed E-state index contributed by atoms with van der Waals surface area (Å²) in [7, 11) is 0. The minimum absolute atomic E-state index is 0.0228. The first-order valence-electron chi connectivity index (χ1n) is 12.6. The lowest BCUT2D eigenvalue weighted by Crippen LogP contribution is -2.25. The molecule has 0 saturated carbocycles. The molecule has 0 bridgehead atoms. The van der Waals surface area contributed by atoms with Gasteiger partial charge in [0.2, 0.25) is 5.75 Å². The average molecular weight is 552 g/mol. The van der Waals surface area contributed by atoms with Crippen LogP contribution in [0.1, 0.15) is 48.5 Å². The van der Waals surface area contributed by atoms with Gasteiger partial charge in [-0.2, -0.15) is 9.78 Å². The van der Waals surface area contributed by atoms with Crippen molar-refractivity contribution in [2.45, 2.75) is 27.7 Å². The predicted octanol–water partition coefficient (Wildman–Crippen LogP) is 5.07. The number of nitrogens with zero attached hydrogens (tertiary/aromatic N) is 2. The lowest BCUT2D eigenvalue weighted by atomic mass is 10.1. The molecule has 4 rings (SSSR count). The van der Waals surface area contributed by atoms with E-state index in [0.717, 1.165) is 16.0 Å². The second-order valence-electron chi connectivity index (χ2n) is 8.03. The molecular weight excluding hydrogens is 522 g/mol. The van der Waals surface area contributed by atoms with E-state index in [1.54, 1.807) is 54.8 Å². The SMILES string of the molecule is CCOC(=O)c1nn(-c2ccccc2)c(=O)c2c(NC(=O)c3cc(OCC)c(OCC)c(OCC)c3)scc12. The summed E-state index contributed by atoms with van der Waals surface area (Å²) >= 11 is 1.11. The molecule has 0 aliphatic carbocycles. The number of amides is 1. The maximum Gasteiger partial charge on any atom is 0.359 e. The first-order chi connectivity index (χ1) is 18.9. The van der Waals surface area contributed by atoms with Gasteiger partial charge in [0, 0.05) is 16.3 Å². The van der Waals surface area contributed by atoms with Crippen LogP contribution in [0.3, 0.4) is 0 Å². The van der Waals surface area contributed by atoms with Gasteiger partial charge in [0.15, 0.2) is 17.2 Å². The molecule has 0 atom stereocenters. The zero-order valence-electron chi connectivity index (χ0n) is 22.1. The van der Waals surface area contributed by atoms with E-state index < -0.39 is 17.4 Å². The number of anilines is 1. The number of rotatable bonds is 11. The van der Waals surface area contributed by atoms with Gasteiger partial charge in [-0.05, 0) is 52.0 Å². The maximum atomic E-state index is 13.6. The number of hydrogen-bond acceptors (Lipinski definition) is 9. The van der Waals surface area contributed by atoms with Gasteiger partial charge in [0.05, 0.1) is 37.5 Å². The predicted molar refractivity (Wildman–Crippen MR) is 149 cm³/mol. The number of carbonyl (C=O) groups excluding carboxylic acids is 2. The molecule has 1 N–H and O–H groups in total. The molecule has 4 aromatic rings. The minimum Gasteiger partial charge on any atom is -0.490 e. The smallest absolute Gasteiger partial charge is 0.359 e. The molecule has 0 aliphatic heterocycles. The van der Waals surface area contributed by atoms with Crippen molar-refractivity contribution in [3.8, 4) is 22.9 Å². The van der Waals surface area contributed by atoms with E-state index in [-0.39, 0.29) is 28.3 Å². The van der Waals surface area contributed by atoms with E-state index in [2.05, 4.69) is 10.4 Å². The molecule has 2 heterocycles. The fraction of sp³-hybridized carbons (Fsp3) is 0.286. The lowest BCUT2D eigenvalue weighted by Gasteiger charge is -2.17. The molecule has 0 spiro atoms. The highest BCUT2D eigenvalue weighted by Gasteiger charge is 2.24. The minimum atomic E-state index is -0.669. The average Bonchev–Trinajstić information content (AvgIpc) is 3.35. The molecular formula is C28H29N3O7S. The molecule has 11 heteroatoms. The Balaban J connectivity index is 1.82. The Morgan fingerprint density at radius 1 is 0.923 bits per heavy atom. The normalized spacial score (nSPS) is 10.8. The van der Waals surface area contributed by atoms with Crippen LogP contribution in [0.15, 0.2) is 52.6 Å². The second kappa shape index (κ2) is 12.4. The van der Waals surface area contributed by atoms with E-state index in [1.165, 1.54) is 0 Å². The Kier molecular flexibility index (Phi) is 8.82. The van der Waals surface area contributed by atoms with E-state index >= 15 is 0 Å². The zero-order valence-corrected chi connectivity index (χ0v) is 22.9. The van der Waals surface area contributed by atoms with Gasteiger partial charge in [-0.1, -0.05) is 18.2 Å². The number of ether oxygens (including phenoxy) is 4. The van der Waals surface area contributed by atoms with Crippen LogP contribution in [0, 0.1) is 0 Å². The monoisotopic (exact) mass is 551 g/mol. The summed E-state index contributed by atoms with van der Waals surface area (Å²) in [5.74, 6) is -0.0189. The summed E-state index contributed by atoms with van der Waals surface area (Å²) in [4.78, 5) is 39.8. The highest BCUT2D eigenvalue weighted by molar-refractivity contribution is 7.16. The van der Waals surface area contributed by atoms with E-state index in [9.17, 15) is 14.4 Å². The number of esters is 1. The van der Waals surface area contributed by atoms with Crippen LogP contribution >= 0.6 is 11.3 Å². The Labute approximate surface area is 229 Å². The van der Waals surface area contributed by atoms with Crippen LogP contribution in [-0.2, 0) is 4.74 Å². The molecule has 0 radical (unpaired) electrons. The summed E-state index contributed by atoms with van der Waals surface area (Å²) in [6.07, 6.45) is 0. The summed E-state index contributed by atoms with van der Waals surface area (Å²) in [6.45, 7) is 8.42. The molecule has 0 fully saturated rings. The van der Waals surface area contributed by atoms with Gasteiger partial charge in [0.1, 0.15) is 5.00 Å². The molecule has 0 unspecified atom stereocenters. The Bertz CT molecular complexity index is 1520. The van der Waals surface area contributed by atoms with Gasteiger partial charge in [-0.3, -0.25) is 9.59 Å². The molecule has 0 aliphatic rings. The van der Waals surface area contributed by atoms with Gasteiger partial charge in [0.25, 0.3) is 11.5 Å². The van der Waals surface area contributed by atoms with Crippen molar-refractivity contribution >= 4 is 39.0 Å². The summed E-state index contributed by atoms with van der Waals surface area (Å²) in [5.41, 5.74) is 0.200. The van der Waals surface area contributed by atoms with Crippen LogP contribution in [0.4, 0.5) is 5.00 Å². The third kappa shape index (κ3) is 5.73. The van der Waals surface area contributed by atoms with Crippen molar-refractivity contribution in [2.75, 3.05) is 31.7 Å². The van der Waals surface area contributed by atoms with Crippen molar-refractivity contribution in [3.63, 3.8) is 0 Å². The van der Waals surface area contributed by atoms with Crippen molar-refractivity contribution in [3.05, 3.63) is 69.5 Å². The van der Waals surface area contributed by atoms with E-state index in [1.807, 2.05) is 20.8 Å². The van der Waals surface area contributed by atoms with Gasteiger partial charge >= 0.3 is 5.97 Å². The standard InChI is InChI=1S/C28H29N3O7S/c1-5-35-20-14-17(15-21(36-6-2)24(20)37-7-3)25(32)29-26-22-19(16-39-26)23(28(34)38-8-4)30-31(27(22)33)18-12-10-9-11-13-18/h9-16H,5-8H2,1-4H3,(H,29,32). The van der Waals surface area contributed by atoms with Gasteiger partial charge < -0.3 is 24.3 Å². The fourth-order valence-corrected chi connectivity index (χ4v) is 4.86. The molecule has 10 nitrogen and oxygen atoms in total. The lowest BCUT2D eigenvalue weighted by molar-refractivity contribution is 0.0520. The summed E-state index contributed by atoms with van der Waals surface area (Å²) < 4.78 is 23.5. The highest BCUT2D eigenvalue weighted by atomic mass is 32.1. The van der Waals surface area contributed by atoms with Crippen molar-refractivity contribution in [2.24, 2.45) is 0 Å². The first-order valence-corrected chi connectivity index (χ1v) is 13.5. The molecule has 2 aromatic carbocycles. The number of thiophene rings is 1. The van der Waals surface area contributed by atoms with Crippen LogP contribution in [0.2, 0.25) is 0 Å². The Hall–Kier alpha value is -4.38. The highest BCUT2D eigenvalue weighted by Crippen LogP contribution is 2.40. The molecule has 39 heavy (non-hydrogen) atoms. The maximum absolute atomic E-state index is 13.6. The molecule has 204 valence electrons. The fourth-order valence-electron chi connectivity index (χ4n) is 3.93. The number of nitrogens with one attached hydrogen (secondary N) is 1. The Morgan fingerprint density at radius 3 is 2.15 bits per heavy atom. The number of aromatic nitrogens is 2. The van der Waals surface area contributed by atoms with Crippen molar-refractivity contribution < 1.29 is 28.5 Å². The number of hydrogen-bond donors (Lipinski definition) is 1. The molecule has 0 saturated heterocycles. The van der Waals surface area contributed by atoms with Crippen LogP contribution < -0.4 is 25.1 Å². The third-order valence-electron chi connectivity index (χ3n) is 5.52.